The van der Waals surface area contributed by atoms with Crippen molar-refractivity contribution in [3.8, 4) is 10.7 Å². The maximum absolute atomic E-state index is 9.71. The number of halogens is 1. The van der Waals surface area contributed by atoms with Crippen molar-refractivity contribution in [2.24, 2.45) is 0 Å². The van der Waals surface area contributed by atoms with E-state index in [4.69, 9.17) is 16.7 Å². The molecule has 7 nitrogen and oxygen atoms in total. The summed E-state index contributed by atoms with van der Waals surface area (Å²) in [6, 6.07) is 5.53. The lowest BCUT2D eigenvalue weighted by atomic mass is 10.3. The predicted octanol–water partition coefficient (Wildman–Crippen LogP) is 3.23. The average molecular weight is 378 g/mol. The van der Waals surface area contributed by atoms with Crippen LogP contribution in [0.4, 0.5) is 11.6 Å². The minimum atomic E-state index is -0.895. The van der Waals surface area contributed by atoms with Crippen LogP contribution in [0.3, 0.4) is 0 Å². The molecule has 0 amide bonds. The molecule has 9 heteroatoms. The summed E-state index contributed by atoms with van der Waals surface area (Å²) in [4.78, 5) is 10.2. The molecule has 0 saturated heterocycles. The Labute approximate surface area is 152 Å². The second-order valence-electron chi connectivity index (χ2n) is 5.90. The van der Waals surface area contributed by atoms with Gasteiger partial charge in [-0.05, 0) is 25.0 Å². The number of aliphatic hydroxyl groups is 2. The van der Waals surface area contributed by atoms with E-state index in [0.29, 0.717) is 33.3 Å². The van der Waals surface area contributed by atoms with Crippen LogP contribution in [0.25, 0.3) is 10.7 Å². The molecule has 1 aliphatic rings. The van der Waals surface area contributed by atoms with Crippen LogP contribution >= 0.6 is 22.9 Å². The summed E-state index contributed by atoms with van der Waals surface area (Å²) in [7, 11) is 0. The van der Waals surface area contributed by atoms with Gasteiger partial charge in [0, 0.05) is 22.6 Å². The van der Waals surface area contributed by atoms with Crippen LogP contribution in [-0.2, 0) is 0 Å². The van der Waals surface area contributed by atoms with E-state index in [0.717, 1.165) is 10.6 Å². The fraction of sp³-hybridized carbons (Fsp3) is 0.312. The first-order chi connectivity index (χ1) is 12.1. The Hall–Kier alpha value is -2.00. The third-order valence-electron chi connectivity index (χ3n) is 3.95. The Bertz CT molecular complexity index is 892. The molecule has 1 saturated carbocycles. The molecule has 3 aromatic heterocycles. The Kier molecular flexibility index (Phi) is 4.43. The van der Waals surface area contributed by atoms with E-state index in [1.807, 2.05) is 12.1 Å². The molecule has 1 aliphatic carbocycles. The zero-order valence-corrected chi connectivity index (χ0v) is 14.7. The van der Waals surface area contributed by atoms with Crippen molar-refractivity contribution >= 4 is 34.6 Å². The molecule has 3 heterocycles. The molecular formula is C16H16ClN5O2S. The molecule has 0 bridgehead atoms. The average Bonchev–Trinajstić information content (AvgIpc) is 3.17. The smallest absolute Gasteiger partial charge is 0.171 e. The van der Waals surface area contributed by atoms with Crippen LogP contribution in [0.2, 0.25) is 5.02 Å². The second kappa shape index (κ2) is 6.72. The van der Waals surface area contributed by atoms with E-state index in [1.165, 1.54) is 30.4 Å². The molecule has 4 N–H and O–H groups in total. The molecular weight excluding hydrogens is 362 g/mol. The largest absolute Gasteiger partial charge is 0.393 e. The van der Waals surface area contributed by atoms with Crippen LogP contribution in [0.15, 0.2) is 24.4 Å². The Morgan fingerprint density at radius 2 is 2.24 bits per heavy atom. The van der Waals surface area contributed by atoms with Crippen LogP contribution in [0, 0.1) is 0 Å². The third kappa shape index (κ3) is 3.52. The van der Waals surface area contributed by atoms with E-state index >= 15 is 0 Å². The van der Waals surface area contributed by atoms with Gasteiger partial charge in [0.05, 0.1) is 17.7 Å². The van der Waals surface area contributed by atoms with Crippen LogP contribution in [0.5, 0.6) is 0 Å². The van der Waals surface area contributed by atoms with Gasteiger partial charge in [0.25, 0.3) is 0 Å². The van der Waals surface area contributed by atoms with E-state index in [-0.39, 0.29) is 6.61 Å². The molecule has 1 unspecified atom stereocenters. The highest BCUT2D eigenvalue weighted by atomic mass is 35.5. The van der Waals surface area contributed by atoms with Gasteiger partial charge < -0.3 is 15.5 Å². The zero-order valence-electron chi connectivity index (χ0n) is 13.1. The highest BCUT2D eigenvalue weighted by Gasteiger charge is 2.25. The first kappa shape index (κ1) is 16.5. The van der Waals surface area contributed by atoms with Gasteiger partial charge in [-0.15, -0.1) is 11.3 Å². The van der Waals surface area contributed by atoms with Crippen molar-refractivity contribution < 1.29 is 10.2 Å². The number of hydrogen-bond donors (Lipinski definition) is 4. The molecule has 1 atom stereocenters. The van der Waals surface area contributed by atoms with Crippen molar-refractivity contribution in [1.29, 1.82) is 0 Å². The number of aromatic nitrogens is 4. The summed E-state index contributed by atoms with van der Waals surface area (Å²) >= 11 is 7.53. The van der Waals surface area contributed by atoms with Gasteiger partial charge in [-0.1, -0.05) is 11.6 Å². The maximum atomic E-state index is 9.71. The molecule has 130 valence electrons. The van der Waals surface area contributed by atoms with E-state index in [2.05, 4.69) is 25.5 Å². The zero-order chi connectivity index (χ0) is 17.4. The molecule has 1 fully saturated rings. The molecule has 0 aromatic carbocycles. The topological polar surface area (TPSA) is 107 Å². The fourth-order valence-electron chi connectivity index (χ4n) is 2.44. The SMILES string of the molecule is OCC(O)c1ccc(-c2ncc(Cl)c(Nc3cc(C4CC4)[nH]n3)n2)s1. The number of nitrogens with one attached hydrogen (secondary N) is 2. The normalized spacial score (nSPS) is 15.3. The number of hydrogen-bond acceptors (Lipinski definition) is 7. The maximum Gasteiger partial charge on any atom is 0.171 e. The Balaban J connectivity index is 1.58. The minimum absolute atomic E-state index is 0.323. The fourth-order valence-corrected chi connectivity index (χ4v) is 3.51. The number of nitrogens with zero attached hydrogens (tertiary/aromatic N) is 3. The summed E-state index contributed by atoms with van der Waals surface area (Å²) in [5.41, 5.74) is 1.12. The van der Waals surface area contributed by atoms with Gasteiger partial charge >= 0.3 is 0 Å². The summed E-state index contributed by atoms with van der Waals surface area (Å²) in [6.45, 7) is -0.323. The lowest BCUT2D eigenvalue weighted by Gasteiger charge is -2.06. The van der Waals surface area contributed by atoms with Gasteiger partial charge in [-0.25, -0.2) is 9.97 Å². The first-order valence-corrected chi connectivity index (χ1v) is 9.07. The molecule has 0 aliphatic heterocycles. The van der Waals surface area contributed by atoms with Crippen molar-refractivity contribution in [3.63, 3.8) is 0 Å². The monoisotopic (exact) mass is 377 g/mol. The standard InChI is InChI=1S/C16H16ClN5O2S/c17-9-6-18-16(13-4-3-12(25-13)11(24)7-23)20-15(9)19-14-5-10(21-22-14)8-1-2-8/h3-6,8,11,23-24H,1-2,7H2,(H2,18,19,20,21,22). The van der Waals surface area contributed by atoms with Crippen molar-refractivity contribution in [2.45, 2.75) is 24.9 Å². The quantitative estimate of drug-likeness (QED) is 0.525. The van der Waals surface area contributed by atoms with E-state index in [9.17, 15) is 5.11 Å². The lowest BCUT2D eigenvalue weighted by Crippen LogP contribution is -1.99. The second-order valence-corrected chi connectivity index (χ2v) is 7.42. The molecule has 0 spiro atoms. The number of aromatic amines is 1. The predicted molar refractivity (Wildman–Crippen MR) is 96.2 cm³/mol. The van der Waals surface area contributed by atoms with Gasteiger partial charge in [0.1, 0.15) is 11.1 Å². The Morgan fingerprint density at radius 1 is 1.40 bits per heavy atom. The highest BCUT2D eigenvalue weighted by molar-refractivity contribution is 7.15. The molecule has 3 aromatic rings. The van der Waals surface area contributed by atoms with Crippen molar-refractivity contribution in [1.82, 2.24) is 20.2 Å². The van der Waals surface area contributed by atoms with E-state index < -0.39 is 6.10 Å². The van der Waals surface area contributed by atoms with Gasteiger partial charge in [-0.2, -0.15) is 5.10 Å². The van der Waals surface area contributed by atoms with Crippen LogP contribution < -0.4 is 5.32 Å². The Morgan fingerprint density at radius 3 is 3.00 bits per heavy atom. The van der Waals surface area contributed by atoms with Crippen molar-refractivity contribution in [2.75, 3.05) is 11.9 Å². The van der Waals surface area contributed by atoms with Crippen LogP contribution in [-0.4, -0.2) is 37.0 Å². The van der Waals surface area contributed by atoms with E-state index in [1.54, 1.807) is 6.07 Å². The van der Waals surface area contributed by atoms with Crippen LogP contribution in [0.1, 0.15) is 35.4 Å². The van der Waals surface area contributed by atoms with Gasteiger partial charge in [0.15, 0.2) is 17.5 Å². The number of anilines is 2. The summed E-state index contributed by atoms with van der Waals surface area (Å²) in [6.07, 6.45) is 3.03. The number of H-pyrrole nitrogens is 1. The molecule has 4 rings (SSSR count). The minimum Gasteiger partial charge on any atom is -0.393 e. The third-order valence-corrected chi connectivity index (χ3v) is 5.41. The lowest BCUT2D eigenvalue weighted by molar-refractivity contribution is 0.0984. The molecule has 25 heavy (non-hydrogen) atoms. The first-order valence-electron chi connectivity index (χ1n) is 7.88. The number of thiophene rings is 1. The number of rotatable bonds is 6. The molecule has 0 radical (unpaired) electrons. The van der Waals surface area contributed by atoms with Gasteiger partial charge in [0.2, 0.25) is 0 Å². The summed E-state index contributed by atoms with van der Waals surface area (Å²) in [5, 5.41) is 29.5. The highest BCUT2D eigenvalue weighted by Crippen LogP contribution is 2.40. The van der Waals surface area contributed by atoms with Gasteiger partial charge in [-0.3, -0.25) is 5.10 Å². The number of aliphatic hydroxyl groups excluding tert-OH is 2. The van der Waals surface area contributed by atoms with Crippen molar-refractivity contribution in [3.05, 3.63) is 40.0 Å². The summed E-state index contributed by atoms with van der Waals surface area (Å²) < 4.78 is 0. The summed E-state index contributed by atoms with van der Waals surface area (Å²) in [5.74, 6) is 2.21.